The van der Waals surface area contributed by atoms with Crippen LogP contribution in [-0.2, 0) is 9.53 Å². The lowest BCUT2D eigenvalue weighted by Crippen LogP contribution is -2.51. The number of aliphatic hydroxyl groups is 1. The highest BCUT2D eigenvalue weighted by Gasteiger charge is 2.59. The van der Waals surface area contributed by atoms with Crippen LogP contribution in [0.25, 0.3) is 0 Å². The van der Waals surface area contributed by atoms with E-state index in [1.165, 1.54) is 38.5 Å². The molecular weight excluding hydrogens is 432 g/mol. The molecule has 0 amide bonds. The molecule has 3 nitrogen and oxygen atoms in total. The minimum absolute atomic E-state index is 0.0000602. The van der Waals surface area contributed by atoms with Crippen LogP contribution in [0.4, 0.5) is 0 Å². The van der Waals surface area contributed by atoms with Gasteiger partial charge in [-0.05, 0) is 104 Å². The second-order valence-corrected chi connectivity index (χ2v) is 13.4. The summed E-state index contributed by atoms with van der Waals surface area (Å²) in [4.78, 5) is 12.0. The molecule has 4 aliphatic rings. The molecule has 0 unspecified atom stereocenters. The second-order valence-electron chi connectivity index (χ2n) is 13.4. The summed E-state index contributed by atoms with van der Waals surface area (Å²) < 4.78 is 5.70. The first-order valence-electron chi connectivity index (χ1n) is 14.8. The molecule has 0 bridgehead atoms. The summed E-state index contributed by atoms with van der Waals surface area (Å²) in [7, 11) is 0. The minimum Gasteiger partial charge on any atom is -0.462 e. The maximum absolute atomic E-state index is 12.0. The third-order valence-electron chi connectivity index (χ3n) is 11.4. The van der Waals surface area contributed by atoms with Crippen molar-refractivity contribution in [3.63, 3.8) is 0 Å². The van der Waals surface area contributed by atoms with Crippen molar-refractivity contribution in [2.45, 2.75) is 112 Å². The normalized spacial score (nSPS) is 40.6. The lowest BCUT2D eigenvalue weighted by atomic mass is 9.47. The van der Waals surface area contributed by atoms with Gasteiger partial charge in [0.05, 0.1) is 13.0 Å². The van der Waals surface area contributed by atoms with Gasteiger partial charge in [-0.3, -0.25) is 4.79 Å². The first-order valence-corrected chi connectivity index (χ1v) is 14.8. The Morgan fingerprint density at radius 1 is 1.11 bits per heavy atom. The van der Waals surface area contributed by atoms with Gasteiger partial charge in [0.2, 0.25) is 0 Å². The molecule has 4 aliphatic carbocycles. The lowest BCUT2D eigenvalue weighted by Gasteiger charge is -2.58. The van der Waals surface area contributed by atoms with Crippen molar-refractivity contribution in [3.05, 3.63) is 23.8 Å². The van der Waals surface area contributed by atoms with E-state index >= 15 is 0 Å². The van der Waals surface area contributed by atoms with Gasteiger partial charge in [0.15, 0.2) is 0 Å². The summed E-state index contributed by atoms with van der Waals surface area (Å²) in [5, 5.41) is 9.04. The van der Waals surface area contributed by atoms with E-state index in [-0.39, 0.29) is 30.5 Å². The van der Waals surface area contributed by atoms with Crippen LogP contribution in [0, 0.1) is 52.3 Å². The monoisotopic (exact) mass is 484 g/mol. The van der Waals surface area contributed by atoms with Crippen LogP contribution in [0.5, 0.6) is 0 Å². The molecule has 0 spiro atoms. The Morgan fingerprint density at radius 3 is 2.57 bits per heavy atom. The predicted molar refractivity (Wildman–Crippen MR) is 144 cm³/mol. The first-order chi connectivity index (χ1) is 16.6. The first kappa shape index (κ1) is 27.0. The number of aliphatic hydroxyl groups excluding tert-OH is 1. The topological polar surface area (TPSA) is 46.5 Å². The zero-order chi connectivity index (χ0) is 25.4. The molecule has 3 saturated carbocycles. The fourth-order valence-corrected chi connectivity index (χ4v) is 9.25. The molecule has 4 rings (SSSR count). The number of fused-ring (bicyclic) bond motifs is 5. The molecule has 3 heteroatoms. The highest BCUT2D eigenvalue weighted by Crippen LogP contribution is 2.67. The Balaban J connectivity index is 1.46. The number of hydrogen-bond donors (Lipinski definition) is 1. The Labute approximate surface area is 215 Å². The molecule has 0 aromatic heterocycles. The van der Waals surface area contributed by atoms with Gasteiger partial charge in [0, 0.05) is 6.42 Å². The van der Waals surface area contributed by atoms with Crippen LogP contribution in [0.15, 0.2) is 23.8 Å². The predicted octanol–water partition coefficient (Wildman–Crippen LogP) is 7.73. The molecule has 3 fully saturated rings. The molecule has 9 atom stereocenters. The maximum atomic E-state index is 12.0. The smallest absolute Gasteiger partial charge is 0.308 e. The number of carbonyl (C=O) groups excluding carboxylic acids is 1. The number of rotatable bonds is 8. The Morgan fingerprint density at radius 2 is 1.89 bits per heavy atom. The molecule has 198 valence electrons. The number of carbonyl (C=O) groups is 1. The molecule has 0 saturated heterocycles. The van der Waals surface area contributed by atoms with Crippen LogP contribution < -0.4 is 0 Å². The highest BCUT2D eigenvalue weighted by atomic mass is 16.5. The van der Waals surface area contributed by atoms with Crippen LogP contribution in [0.1, 0.15) is 106 Å². The molecule has 0 radical (unpaired) electrons. The third kappa shape index (κ3) is 5.05. The summed E-state index contributed by atoms with van der Waals surface area (Å²) in [6.45, 7) is 14.6. The van der Waals surface area contributed by atoms with Crippen molar-refractivity contribution in [2.24, 2.45) is 52.3 Å². The average Bonchev–Trinajstić information content (AvgIpc) is 3.17. The SMILES string of the molecule is CC[C@H](C=C[C@@H](C)[C@H]1CC[C@H]2[C@@H]3CC=C4C[C@@H](OC(=O)CCO)CC[C@]4(C)[C@H]3CC[C@]12C)C(C)C. The highest BCUT2D eigenvalue weighted by molar-refractivity contribution is 5.69. The van der Waals surface area contributed by atoms with E-state index < -0.39 is 0 Å². The molecule has 35 heavy (non-hydrogen) atoms. The summed E-state index contributed by atoms with van der Waals surface area (Å²) in [5.41, 5.74) is 2.31. The zero-order valence-electron chi connectivity index (χ0n) is 23.4. The molecule has 0 aromatic rings. The van der Waals surface area contributed by atoms with Gasteiger partial charge in [0.1, 0.15) is 6.10 Å². The van der Waals surface area contributed by atoms with Crippen LogP contribution in [0.2, 0.25) is 0 Å². The fourth-order valence-electron chi connectivity index (χ4n) is 9.25. The quantitative estimate of drug-likeness (QED) is 0.283. The van der Waals surface area contributed by atoms with Crippen molar-refractivity contribution in [1.82, 2.24) is 0 Å². The molecule has 0 heterocycles. The van der Waals surface area contributed by atoms with Crippen molar-refractivity contribution in [1.29, 1.82) is 0 Å². The Kier molecular flexibility index (Phi) is 8.26. The Bertz CT molecular complexity index is 812. The Hall–Kier alpha value is -1.09. The minimum atomic E-state index is -0.248. The fraction of sp³-hybridized carbons (Fsp3) is 0.844. The van der Waals surface area contributed by atoms with E-state index in [1.54, 1.807) is 5.57 Å². The van der Waals surface area contributed by atoms with Gasteiger partial charge in [0.25, 0.3) is 0 Å². The van der Waals surface area contributed by atoms with E-state index in [0.717, 1.165) is 48.9 Å². The zero-order valence-corrected chi connectivity index (χ0v) is 23.4. The van der Waals surface area contributed by atoms with E-state index in [9.17, 15) is 4.79 Å². The summed E-state index contributed by atoms with van der Waals surface area (Å²) in [6, 6.07) is 0. The second kappa shape index (κ2) is 10.7. The number of hydrogen-bond acceptors (Lipinski definition) is 3. The van der Waals surface area contributed by atoms with Crippen LogP contribution in [0.3, 0.4) is 0 Å². The van der Waals surface area contributed by atoms with Gasteiger partial charge in [-0.2, -0.15) is 0 Å². The van der Waals surface area contributed by atoms with E-state index in [2.05, 4.69) is 59.8 Å². The molecule has 0 aromatic carbocycles. The van der Waals surface area contributed by atoms with Gasteiger partial charge >= 0.3 is 5.97 Å². The number of allylic oxidation sites excluding steroid dienone is 3. The standard InChI is InChI=1S/C32H52O3/c1-7-23(21(2)3)9-8-22(4)27-12-13-28-26-11-10-24-20-25(35-30(34)16-19-33)14-17-31(24,5)29(26)15-18-32(27,28)6/h8-10,21-23,25-29,33H,7,11-20H2,1-6H3/t22-,23-,25+,26+,27-,28+,29+,31+,32-/m1/s1. The molecule has 0 aliphatic heterocycles. The van der Waals surface area contributed by atoms with Crippen molar-refractivity contribution in [2.75, 3.05) is 6.61 Å². The van der Waals surface area contributed by atoms with E-state index in [4.69, 9.17) is 9.84 Å². The van der Waals surface area contributed by atoms with Gasteiger partial charge in [-0.25, -0.2) is 0 Å². The van der Waals surface area contributed by atoms with Gasteiger partial charge in [-0.15, -0.1) is 0 Å². The van der Waals surface area contributed by atoms with E-state index in [0.29, 0.717) is 17.3 Å². The third-order valence-corrected chi connectivity index (χ3v) is 11.4. The summed E-state index contributed by atoms with van der Waals surface area (Å²) in [6.07, 6.45) is 18.8. The molecular formula is C32H52O3. The molecule has 1 N–H and O–H groups in total. The van der Waals surface area contributed by atoms with Gasteiger partial charge in [-0.1, -0.05) is 65.3 Å². The van der Waals surface area contributed by atoms with Gasteiger partial charge < -0.3 is 9.84 Å². The lowest BCUT2D eigenvalue weighted by molar-refractivity contribution is -0.152. The summed E-state index contributed by atoms with van der Waals surface area (Å²) in [5.74, 6) is 5.12. The van der Waals surface area contributed by atoms with Crippen molar-refractivity contribution in [3.8, 4) is 0 Å². The van der Waals surface area contributed by atoms with Crippen LogP contribution >= 0.6 is 0 Å². The van der Waals surface area contributed by atoms with E-state index in [1.807, 2.05) is 0 Å². The summed E-state index contributed by atoms with van der Waals surface area (Å²) >= 11 is 0. The average molecular weight is 485 g/mol. The van der Waals surface area contributed by atoms with Crippen molar-refractivity contribution < 1.29 is 14.6 Å². The largest absolute Gasteiger partial charge is 0.462 e. The van der Waals surface area contributed by atoms with Crippen molar-refractivity contribution >= 4 is 5.97 Å². The number of ether oxygens (including phenoxy) is 1. The maximum Gasteiger partial charge on any atom is 0.308 e. The van der Waals surface area contributed by atoms with Crippen LogP contribution in [-0.4, -0.2) is 23.8 Å². The number of esters is 1.